The summed E-state index contributed by atoms with van der Waals surface area (Å²) in [6.07, 6.45) is -0.887. The normalized spacial score (nSPS) is 25.5. The number of rotatable bonds is 7. The largest absolute Gasteiger partial charge is 0.419 e. The van der Waals surface area contributed by atoms with Gasteiger partial charge in [-0.05, 0) is 69.0 Å². The number of aromatic nitrogens is 2. The molecule has 1 saturated heterocycles. The Hall–Kier alpha value is -3.16. The van der Waals surface area contributed by atoms with Crippen molar-refractivity contribution in [3.05, 3.63) is 58.9 Å². The molecule has 0 spiro atoms. The van der Waals surface area contributed by atoms with Crippen LogP contribution in [-0.4, -0.2) is 72.1 Å². The first-order chi connectivity index (χ1) is 18.7. The number of nitrogens with zero attached hydrogens (tertiary/aromatic N) is 5. The van der Waals surface area contributed by atoms with Crippen molar-refractivity contribution in [3.63, 3.8) is 0 Å². The van der Waals surface area contributed by atoms with Gasteiger partial charge in [-0.3, -0.25) is 0 Å². The van der Waals surface area contributed by atoms with E-state index in [0.717, 1.165) is 70.5 Å². The second-order valence-corrected chi connectivity index (χ2v) is 11.4. The topological polar surface area (TPSA) is 62.2 Å². The average molecular weight is 541 g/mol. The lowest BCUT2D eigenvalue weighted by atomic mass is 9.93. The van der Waals surface area contributed by atoms with Gasteiger partial charge in [-0.1, -0.05) is 12.1 Å². The van der Waals surface area contributed by atoms with E-state index in [1.807, 2.05) is 12.1 Å². The molecule has 0 amide bonds. The lowest BCUT2D eigenvalue weighted by molar-refractivity contribution is -0.139. The van der Waals surface area contributed by atoms with Gasteiger partial charge in [-0.25, -0.2) is 9.37 Å². The number of aromatic amines is 1. The molecule has 10 heteroatoms. The highest BCUT2D eigenvalue weighted by atomic mass is 19.4. The van der Waals surface area contributed by atoms with Gasteiger partial charge in [-0.15, -0.1) is 0 Å². The minimum Gasteiger partial charge on any atom is -0.339 e. The highest BCUT2D eigenvalue weighted by Gasteiger charge is 2.63. The minimum absolute atomic E-state index is 0.0654. The Morgan fingerprint density at radius 2 is 1.90 bits per heavy atom. The van der Waals surface area contributed by atoms with Crippen LogP contribution in [0.15, 0.2) is 36.4 Å². The summed E-state index contributed by atoms with van der Waals surface area (Å²) in [6.45, 7) is 5.78. The van der Waals surface area contributed by atoms with Crippen molar-refractivity contribution in [2.45, 2.75) is 43.3 Å². The maximum Gasteiger partial charge on any atom is 0.419 e. The third-order valence-corrected chi connectivity index (χ3v) is 9.08. The summed E-state index contributed by atoms with van der Waals surface area (Å²) in [5, 5.41) is 9.18. The Morgan fingerprint density at radius 3 is 2.56 bits per heavy atom. The molecule has 206 valence electrons. The van der Waals surface area contributed by atoms with Crippen LogP contribution in [0.1, 0.15) is 42.4 Å². The SMILES string of the molecule is CN1CCN(CCCN(c2nc3cc(F)c(C(F)(F)F)cc3[nH]2)[C@@H]2CCC3(c4ccc(C#N)cc4)C[C@H]23)CC1. The van der Waals surface area contributed by atoms with Crippen LogP contribution in [-0.2, 0) is 11.6 Å². The van der Waals surface area contributed by atoms with Crippen LogP contribution in [0.5, 0.6) is 0 Å². The monoisotopic (exact) mass is 540 g/mol. The van der Waals surface area contributed by atoms with Gasteiger partial charge in [0.2, 0.25) is 5.95 Å². The number of benzene rings is 2. The highest BCUT2D eigenvalue weighted by Crippen LogP contribution is 2.65. The standard InChI is InChI=1S/C29H32F4N6/c1-37-11-13-38(14-12-37)9-2-10-39(27-35-24-15-21(29(31,32)33)23(30)16-25(24)36-27)26-7-8-28(17-22(26)28)20-5-3-19(18-34)4-6-20/h3-6,15-16,22,26H,2,7-14,17H2,1H3,(H,35,36)/t22-,26-,28?/m1/s1. The van der Waals surface area contributed by atoms with Gasteiger partial charge in [0.05, 0.1) is 28.2 Å². The Balaban J connectivity index is 1.26. The lowest BCUT2D eigenvalue weighted by Gasteiger charge is -2.34. The predicted molar refractivity (Wildman–Crippen MR) is 141 cm³/mol. The van der Waals surface area contributed by atoms with E-state index >= 15 is 0 Å². The summed E-state index contributed by atoms with van der Waals surface area (Å²) < 4.78 is 54.4. The zero-order chi connectivity index (χ0) is 27.4. The van der Waals surface area contributed by atoms with Gasteiger partial charge in [-0.2, -0.15) is 18.4 Å². The van der Waals surface area contributed by atoms with Crippen molar-refractivity contribution in [2.75, 3.05) is 51.2 Å². The lowest BCUT2D eigenvalue weighted by Crippen LogP contribution is -2.45. The van der Waals surface area contributed by atoms with Crippen molar-refractivity contribution in [1.82, 2.24) is 19.8 Å². The number of hydrogen-bond acceptors (Lipinski definition) is 5. The Labute approximate surface area is 225 Å². The molecule has 1 unspecified atom stereocenters. The fourth-order valence-electron chi connectivity index (χ4n) is 6.79. The smallest absolute Gasteiger partial charge is 0.339 e. The van der Waals surface area contributed by atoms with Crippen molar-refractivity contribution >= 4 is 17.0 Å². The summed E-state index contributed by atoms with van der Waals surface area (Å²) >= 11 is 0. The number of piperazine rings is 1. The molecule has 3 aromatic rings. The Morgan fingerprint density at radius 1 is 1.15 bits per heavy atom. The summed E-state index contributed by atoms with van der Waals surface area (Å²) in [5.74, 6) is -0.406. The van der Waals surface area contributed by atoms with E-state index in [-0.39, 0.29) is 22.5 Å². The second kappa shape index (κ2) is 9.79. The molecule has 2 saturated carbocycles. The third kappa shape index (κ3) is 4.87. The van der Waals surface area contributed by atoms with Gasteiger partial charge < -0.3 is 19.7 Å². The van der Waals surface area contributed by atoms with Crippen molar-refractivity contribution in [3.8, 4) is 6.07 Å². The number of alkyl halides is 3. The van der Waals surface area contributed by atoms with Gasteiger partial charge in [0.1, 0.15) is 5.82 Å². The van der Waals surface area contributed by atoms with E-state index in [1.54, 1.807) is 0 Å². The Kier molecular flexibility index (Phi) is 6.55. The molecule has 0 radical (unpaired) electrons. The summed E-state index contributed by atoms with van der Waals surface area (Å²) in [4.78, 5) is 14.7. The van der Waals surface area contributed by atoms with Crippen LogP contribution in [0.25, 0.3) is 11.0 Å². The first kappa shape index (κ1) is 26.1. The molecule has 6 rings (SSSR count). The first-order valence-electron chi connectivity index (χ1n) is 13.6. The van der Waals surface area contributed by atoms with E-state index in [9.17, 15) is 22.8 Å². The number of fused-ring (bicyclic) bond motifs is 2. The number of halogens is 4. The van der Waals surface area contributed by atoms with Crippen LogP contribution in [0, 0.1) is 23.1 Å². The number of nitriles is 1. The van der Waals surface area contributed by atoms with Crippen LogP contribution >= 0.6 is 0 Å². The number of hydrogen-bond donors (Lipinski definition) is 1. The second-order valence-electron chi connectivity index (χ2n) is 11.4. The van der Waals surface area contributed by atoms with Crippen LogP contribution in [0.2, 0.25) is 0 Å². The van der Waals surface area contributed by atoms with Crippen LogP contribution < -0.4 is 4.90 Å². The molecule has 2 aliphatic carbocycles. The molecule has 39 heavy (non-hydrogen) atoms. The van der Waals surface area contributed by atoms with E-state index in [4.69, 9.17) is 0 Å². The number of nitrogens with one attached hydrogen (secondary N) is 1. The van der Waals surface area contributed by atoms with Gasteiger partial charge in [0.25, 0.3) is 0 Å². The van der Waals surface area contributed by atoms with E-state index in [1.165, 1.54) is 5.56 Å². The van der Waals surface area contributed by atoms with Crippen LogP contribution in [0.3, 0.4) is 0 Å². The quantitative estimate of drug-likeness (QED) is 0.420. The average Bonchev–Trinajstić information content (AvgIpc) is 3.31. The molecule has 1 N–H and O–H groups in total. The minimum atomic E-state index is -4.77. The molecule has 1 aromatic heterocycles. The van der Waals surface area contributed by atoms with Crippen LogP contribution in [0.4, 0.5) is 23.5 Å². The molecular weight excluding hydrogens is 508 g/mol. The number of anilines is 1. The fraction of sp³-hybridized carbons (Fsp3) is 0.517. The number of imidazole rings is 1. The van der Waals surface area contributed by atoms with Crippen molar-refractivity contribution in [1.29, 1.82) is 5.26 Å². The van der Waals surface area contributed by atoms with Crippen molar-refractivity contribution < 1.29 is 17.6 Å². The summed E-state index contributed by atoms with van der Waals surface area (Å²) in [7, 11) is 2.13. The Bertz CT molecular complexity index is 1390. The molecule has 3 aliphatic rings. The van der Waals surface area contributed by atoms with E-state index in [2.05, 4.69) is 49.9 Å². The molecular formula is C29H32F4N6. The predicted octanol–water partition coefficient (Wildman–Crippen LogP) is 5.16. The number of likely N-dealkylation sites (N-methyl/N-ethyl adjacent to an activating group) is 1. The third-order valence-electron chi connectivity index (χ3n) is 9.08. The van der Waals surface area contributed by atoms with Gasteiger partial charge >= 0.3 is 6.18 Å². The van der Waals surface area contributed by atoms with Gasteiger partial charge in [0.15, 0.2) is 0 Å². The number of H-pyrrole nitrogens is 1. The molecule has 2 aromatic carbocycles. The summed E-state index contributed by atoms with van der Waals surface area (Å²) in [6, 6.07) is 11.9. The molecule has 1 aliphatic heterocycles. The van der Waals surface area contributed by atoms with Crippen molar-refractivity contribution in [2.24, 2.45) is 5.92 Å². The van der Waals surface area contributed by atoms with E-state index in [0.29, 0.717) is 24.0 Å². The van der Waals surface area contributed by atoms with Gasteiger partial charge in [0, 0.05) is 50.2 Å². The maximum atomic E-state index is 14.3. The highest BCUT2D eigenvalue weighted by molar-refractivity contribution is 5.79. The molecule has 0 bridgehead atoms. The first-order valence-corrected chi connectivity index (χ1v) is 13.6. The molecule has 3 fully saturated rings. The van der Waals surface area contributed by atoms with E-state index < -0.39 is 17.6 Å². The maximum absolute atomic E-state index is 14.3. The summed E-state index contributed by atoms with van der Waals surface area (Å²) in [5.41, 5.74) is 1.06. The zero-order valence-corrected chi connectivity index (χ0v) is 21.9. The molecule has 6 nitrogen and oxygen atoms in total. The molecule has 2 heterocycles. The fourth-order valence-corrected chi connectivity index (χ4v) is 6.79. The molecule has 3 atom stereocenters. The zero-order valence-electron chi connectivity index (χ0n) is 21.9.